The molecule has 1 aliphatic rings. The molecule has 3 heterocycles. The van der Waals surface area contributed by atoms with Crippen LogP contribution in [-0.2, 0) is 10.3 Å². The largest absolute Gasteiger partial charge is 0.444 e. The summed E-state index contributed by atoms with van der Waals surface area (Å²) in [6.07, 6.45) is 0.926. The Kier molecular flexibility index (Phi) is 4.33. The number of amides is 1. The third kappa shape index (κ3) is 2.84. The van der Waals surface area contributed by atoms with Gasteiger partial charge >= 0.3 is 0 Å². The van der Waals surface area contributed by atoms with Crippen molar-refractivity contribution < 1.29 is 22.4 Å². The highest BCUT2D eigenvalue weighted by Gasteiger charge is 2.52. The Hall–Kier alpha value is -3.69. The van der Waals surface area contributed by atoms with Gasteiger partial charge in [0.1, 0.15) is 5.82 Å². The van der Waals surface area contributed by atoms with Crippen LogP contribution in [0.3, 0.4) is 0 Å². The van der Waals surface area contributed by atoms with Gasteiger partial charge in [-0.15, -0.1) is 0 Å². The second kappa shape index (κ2) is 6.73. The summed E-state index contributed by atoms with van der Waals surface area (Å²) >= 11 is 0. The normalized spacial score (nSPS) is 19.1. The van der Waals surface area contributed by atoms with Crippen LogP contribution in [-0.4, -0.2) is 33.8 Å². The molecule has 0 spiro atoms. The first-order valence-corrected chi connectivity index (χ1v) is 8.41. The monoisotopic (exact) mass is 401 g/mol. The standard InChI is InChI=1S/C19H14F3N5O2/c1-27-17(28)19(26-18(27)23,15-7-11(16(21)22)4-5-25-15)12-6-10(2-3-13(12)20)14-8-24-9-29-14/h2-9,16H,1H3,(H2,23,26). The molecule has 1 aromatic carbocycles. The number of hydrogen-bond donors (Lipinski definition) is 1. The molecule has 10 heteroatoms. The van der Waals surface area contributed by atoms with Gasteiger partial charge in [-0.1, -0.05) is 0 Å². The van der Waals surface area contributed by atoms with E-state index in [9.17, 15) is 18.0 Å². The average molecular weight is 401 g/mol. The van der Waals surface area contributed by atoms with E-state index in [4.69, 9.17) is 10.2 Å². The molecule has 7 nitrogen and oxygen atoms in total. The zero-order chi connectivity index (χ0) is 20.8. The number of guanidine groups is 1. The SMILES string of the molecule is CN1C(=O)C(c2cc(C(F)F)ccn2)(c2cc(-c3cnco3)ccc2F)N=C1N. The molecule has 3 aromatic rings. The van der Waals surface area contributed by atoms with Crippen LogP contribution in [0.5, 0.6) is 0 Å². The number of benzene rings is 1. The molecule has 1 amide bonds. The fourth-order valence-electron chi connectivity index (χ4n) is 3.22. The average Bonchev–Trinajstić information content (AvgIpc) is 3.33. The summed E-state index contributed by atoms with van der Waals surface area (Å²) in [5, 5.41) is 0. The molecule has 0 saturated heterocycles. The first-order chi connectivity index (χ1) is 13.8. The summed E-state index contributed by atoms with van der Waals surface area (Å²) in [5.41, 5.74) is 3.46. The second-order valence-electron chi connectivity index (χ2n) is 6.38. The summed E-state index contributed by atoms with van der Waals surface area (Å²) in [6, 6.07) is 6.05. The van der Waals surface area contributed by atoms with Crippen molar-refractivity contribution in [2.75, 3.05) is 7.05 Å². The molecule has 148 valence electrons. The molecule has 2 aromatic heterocycles. The Morgan fingerprint density at radius 2 is 2.03 bits per heavy atom. The number of nitrogens with two attached hydrogens (primary N) is 1. The van der Waals surface area contributed by atoms with E-state index in [2.05, 4.69) is 15.0 Å². The molecule has 4 rings (SSSR count). The van der Waals surface area contributed by atoms with Gasteiger partial charge in [-0.2, -0.15) is 0 Å². The van der Waals surface area contributed by atoms with Crippen molar-refractivity contribution in [1.82, 2.24) is 14.9 Å². The van der Waals surface area contributed by atoms with Gasteiger partial charge in [-0.3, -0.25) is 14.7 Å². The second-order valence-corrected chi connectivity index (χ2v) is 6.38. The molecule has 0 saturated carbocycles. The molecule has 1 atom stereocenters. The molecule has 0 fully saturated rings. The van der Waals surface area contributed by atoms with Crippen molar-refractivity contribution in [2.45, 2.75) is 12.0 Å². The van der Waals surface area contributed by atoms with Crippen LogP contribution in [0.1, 0.15) is 23.2 Å². The zero-order valence-electron chi connectivity index (χ0n) is 15.0. The number of pyridine rings is 1. The summed E-state index contributed by atoms with van der Waals surface area (Å²) < 4.78 is 46.7. The molecule has 1 unspecified atom stereocenters. The van der Waals surface area contributed by atoms with Crippen molar-refractivity contribution in [2.24, 2.45) is 10.7 Å². The van der Waals surface area contributed by atoms with Crippen LogP contribution in [0.15, 0.2) is 58.5 Å². The minimum atomic E-state index is -2.81. The van der Waals surface area contributed by atoms with Gasteiger partial charge in [0.05, 0.1) is 11.9 Å². The van der Waals surface area contributed by atoms with Crippen LogP contribution < -0.4 is 5.73 Å². The smallest absolute Gasteiger partial charge is 0.268 e. The lowest BCUT2D eigenvalue weighted by atomic mass is 9.84. The molecule has 0 bridgehead atoms. The molecule has 29 heavy (non-hydrogen) atoms. The first kappa shape index (κ1) is 18.7. The van der Waals surface area contributed by atoms with E-state index >= 15 is 0 Å². The van der Waals surface area contributed by atoms with Gasteiger partial charge in [0.25, 0.3) is 12.3 Å². The number of carbonyl (C=O) groups excluding carboxylic acids is 1. The minimum Gasteiger partial charge on any atom is -0.444 e. The number of alkyl halides is 2. The minimum absolute atomic E-state index is 0.166. The van der Waals surface area contributed by atoms with Gasteiger partial charge in [-0.05, 0) is 30.3 Å². The quantitative estimate of drug-likeness (QED) is 0.725. The Morgan fingerprint density at radius 3 is 2.66 bits per heavy atom. The van der Waals surface area contributed by atoms with Crippen molar-refractivity contribution in [3.63, 3.8) is 0 Å². The van der Waals surface area contributed by atoms with Gasteiger partial charge in [0.2, 0.25) is 5.54 Å². The van der Waals surface area contributed by atoms with Crippen LogP contribution in [0.4, 0.5) is 13.2 Å². The highest BCUT2D eigenvalue weighted by molar-refractivity contribution is 6.08. The molecule has 0 radical (unpaired) electrons. The summed E-state index contributed by atoms with van der Waals surface area (Å²) in [5.74, 6) is -1.37. The Balaban J connectivity index is 2.00. The Morgan fingerprint density at radius 1 is 1.24 bits per heavy atom. The number of nitrogens with zero attached hydrogens (tertiary/aromatic N) is 4. The number of halogens is 3. The molecule has 0 aliphatic carbocycles. The van der Waals surface area contributed by atoms with E-state index in [1.54, 1.807) is 0 Å². The van der Waals surface area contributed by atoms with Gasteiger partial charge in [0.15, 0.2) is 18.1 Å². The molecule has 1 aliphatic heterocycles. The third-order valence-electron chi connectivity index (χ3n) is 4.72. The third-order valence-corrected chi connectivity index (χ3v) is 4.72. The van der Waals surface area contributed by atoms with Gasteiger partial charge < -0.3 is 10.2 Å². The number of aromatic nitrogens is 2. The fourth-order valence-corrected chi connectivity index (χ4v) is 3.22. The van der Waals surface area contributed by atoms with E-state index < -0.39 is 23.7 Å². The maximum absolute atomic E-state index is 15.0. The predicted molar refractivity (Wildman–Crippen MR) is 96.3 cm³/mol. The summed E-state index contributed by atoms with van der Waals surface area (Å²) in [4.78, 5) is 26.3. The lowest BCUT2D eigenvalue weighted by Gasteiger charge is -2.26. The number of oxazole rings is 1. The van der Waals surface area contributed by atoms with Crippen LogP contribution in [0, 0.1) is 5.82 Å². The van der Waals surface area contributed by atoms with Crippen LogP contribution in [0.25, 0.3) is 11.3 Å². The van der Waals surface area contributed by atoms with Crippen molar-refractivity contribution in [3.8, 4) is 11.3 Å². The Bertz CT molecular complexity index is 1120. The van der Waals surface area contributed by atoms with Crippen LogP contribution in [0.2, 0.25) is 0 Å². The topological polar surface area (TPSA) is 97.6 Å². The van der Waals surface area contributed by atoms with E-state index in [-0.39, 0.29) is 22.8 Å². The van der Waals surface area contributed by atoms with E-state index in [0.717, 1.165) is 29.3 Å². The number of rotatable bonds is 4. The molecule has 2 N–H and O–H groups in total. The highest BCUT2D eigenvalue weighted by Crippen LogP contribution is 2.41. The Labute approximate surface area is 162 Å². The van der Waals surface area contributed by atoms with Crippen molar-refractivity contribution in [1.29, 1.82) is 0 Å². The number of hydrogen-bond acceptors (Lipinski definition) is 6. The number of aliphatic imine (C=N–C) groups is 1. The molecular weight excluding hydrogens is 387 g/mol. The molecular formula is C19H14F3N5O2. The van der Waals surface area contributed by atoms with E-state index in [0.29, 0.717) is 11.3 Å². The maximum Gasteiger partial charge on any atom is 0.268 e. The number of likely N-dealkylation sites (N-methyl/N-ethyl adjacent to an activating group) is 1. The highest BCUT2D eigenvalue weighted by atomic mass is 19.3. The van der Waals surface area contributed by atoms with Crippen LogP contribution >= 0.6 is 0 Å². The zero-order valence-corrected chi connectivity index (χ0v) is 15.0. The maximum atomic E-state index is 15.0. The summed E-state index contributed by atoms with van der Waals surface area (Å²) in [6.45, 7) is 0. The first-order valence-electron chi connectivity index (χ1n) is 8.41. The predicted octanol–water partition coefficient (Wildman–Crippen LogP) is 2.84. The lowest BCUT2D eigenvalue weighted by molar-refractivity contribution is -0.129. The van der Waals surface area contributed by atoms with Crippen molar-refractivity contribution in [3.05, 3.63) is 71.8 Å². The summed E-state index contributed by atoms with van der Waals surface area (Å²) in [7, 11) is 1.36. The lowest BCUT2D eigenvalue weighted by Crippen LogP contribution is -2.42. The fraction of sp³-hybridized carbons (Fsp3) is 0.158. The number of carbonyl (C=O) groups is 1. The van der Waals surface area contributed by atoms with Gasteiger partial charge in [0, 0.05) is 29.9 Å². The van der Waals surface area contributed by atoms with E-state index in [1.807, 2.05) is 0 Å². The van der Waals surface area contributed by atoms with E-state index in [1.165, 1.54) is 31.8 Å². The van der Waals surface area contributed by atoms with Crippen molar-refractivity contribution >= 4 is 11.9 Å². The van der Waals surface area contributed by atoms with Gasteiger partial charge in [-0.25, -0.2) is 23.1 Å².